The van der Waals surface area contributed by atoms with Crippen molar-refractivity contribution in [3.05, 3.63) is 72.3 Å². The van der Waals surface area contributed by atoms with Crippen molar-refractivity contribution in [2.75, 3.05) is 37.6 Å². The summed E-state index contributed by atoms with van der Waals surface area (Å²) in [5.74, 6) is -0.484. The fraction of sp³-hybridized carbons (Fsp3) is 0.292. The second-order valence-corrected chi connectivity index (χ2v) is 7.71. The van der Waals surface area contributed by atoms with Gasteiger partial charge in [-0.25, -0.2) is 9.69 Å². The second-order valence-electron chi connectivity index (χ2n) is 7.71. The minimum Gasteiger partial charge on any atom is -0.340 e. The Morgan fingerprint density at radius 2 is 1.58 bits per heavy atom. The zero-order valence-electron chi connectivity index (χ0n) is 17.3. The third-order valence-corrected chi connectivity index (χ3v) is 5.61. The van der Waals surface area contributed by atoms with Crippen molar-refractivity contribution >= 4 is 29.6 Å². The largest absolute Gasteiger partial charge is 0.340 e. The molecule has 2 aliphatic rings. The van der Waals surface area contributed by atoms with Crippen LogP contribution in [0.2, 0.25) is 0 Å². The van der Waals surface area contributed by atoms with E-state index < -0.39 is 12.1 Å². The monoisotopic (exact) mass is 418 g/mol. The van der Waals surface area contributed by atoms with Crippen molar-refractivity contribution in [2.45, 2.75) is 12.5 Å². The van der Waals surface area contributed by atoms with Crippen LogP contribution in [0.4, 0.5) is 10.5 Å². The lowest BCUT2D eigenvalue weighted by Gasteiger charge is -2.34. The molecule has 0 radical (unpaired) electrons. The van der Waals surface area contributed by atoms with Gasteiger partial charge in [0, 0.05) is 32.7 Å². The lowest BCUT2D eigenvalue weighted by molar-refractivity contribution is -0.135. The van der Waals surface area contributed by atoms with Crippen LogP contribution in [0.3, 0.4) is 0 Å². The molecule has 2 fully saturated rings. The summed E-state index contributed by atoms with van der Waals surface area (Å²) in [4.78, 5) is 42.8. The number of carbonyl (C=O) groups is 3. The normalized spacial score (nSPS) is 19.8. The topological polar surface area (TPSA) is 73.0 Å². The number of imide groups is 1. The number of nitrogens with zero attached hydrogens (tertiary/aromatic N) is 3. The number of benzene rings is 2. The maximum absolute atomic E-state index is 12.7. The Morgan fingerprint density at radius 1 is 0.935 bits per heavy atom. The van der Waals surface area contributed by atoms with Gasteiger partial charge in [0.1, 0.15) is 6.04 Å². The van der Waals surface area contributed by atoms with Gasteiger partial charge in [-0.15, -0.1) is 0 Å². The first kappa shape index (κ1) is 20.8. The van der Waals surface area contributed by atoms with Gasteiger partial charge in [-0.1, -0.05) is 60.7 Å². The molecule has 1 N–H and O–H groups in total. The molecule has 0 unspecified atom stereocenters. The fourth-order valence-electron chi connectivity index (χ4n) is 3.88. The predicted molar refractivity (Wildman–Crippen MR) is 119 cm³/mol. The molecule has 2 aromatic carbocycles. The Kier molecular flexibility index (Phi) is 6.43. The Labute approximate surface area is 181 Å². The molecule has 4 rings (SSSR count). The summed E-state index contributed by atoms with van der Waals surface area (Å²) in [6.07, 6.45) is 4.23. The minimum absolute atomic E-state index is 0.0121. The highest BCUT2D eigenvalue weighted by Crippen LogP contribution is 2.20. The van der Waals surface area contributed by atoms with E-state index in [-0.39, 0.29) is 18.2 Å². The van der Waals surface area contributed by atoms with E-state index in [0.717, 1.165) is 24.5 Å². The number of hydrogen-bond donors (Lipinski definition) is 1. The number of amides is 4. The van der Waals surface area contributed by atoms with Gasteiger partial charge < -0.3 is 10.2 Å². The number of para-hydroxylation sites is 1. The first-order chi connectivity index (χ1) is 15.1. The average Bonchev–Trinajstić information content (AvgIpc) is 3.08. The van der Waals surface area contributed by atoms with Crippen LogP contribution in [-0.2, 0) is 9.59 Å². The summed E-state index contributed by atoms with van der Waals surface area (Å²) in [7, 11) is 0. The highest BCUT2D eigenvalue weighted by atomic mass is 16.2. The number of anilines is 1. The van der Waals surface area contributed by atoms with Crippen molar-refractivity contribution in [1.82, 2.24) is 15.1 Å². The van der Waals surface area contributed by atoms with Crippen LogP contribution < -0.4 is 10.2 Å². The summed E-state index contributed by atoms with van der Waals surface area (Å²) in [5.41, 5.74) is 1.68. The van der Waals surface area contributed by atoms with Crippen molar-refractivity contribution in [3.63, 3.8) is 0 Å². The van der Waals surface area contributed by atoms with Crippen LogP contribution in [0.5, 0.6) is 0 Å². The predicted octanol–water partition coefficient (Wildman–Crippen LogP) is 2.36. The smallest absolute Gasteiger partial charge is 0.329 e. The summed E-state index contributed by atoms with van der Waals surface area (Å²) >= 11 is 0. The fourth-order valence-corrected chi connectivity index (χ4v) is 3.88. The number of hydrogen-bond acceptors (Lipinski definition) is 4. The van der Waals surface area contributed by atoms with E-state index in [1.807, 2.05) is 24.3 Å². The van der Waals surface area contributed by atoms with E-state index in [4.69, 9.17) is 0 Å². The van der Waals surface area contributed by atoms with Crippen LogP contribution in [0.15, 0.2) is 66.7 Å². The molecule has 31 heavy (non-hydrogen) atoms. The molecule has 2 aromatic rings. The highest BCUT2D eigenvalue weighted by molar-refractivity contribution is 6.22. The average molecular weight is 418 g/mol. The number of urea groups is 1. The van der Waals surface area contributed by atoms with Crippen molar-refractivity contribution < 1.29 is 14.4 Å². The number of piperazine rings is 1. The minimum atomic E-state index is -0.813. The van der Waals surface area contributed by atoms with Gasteiger partial charge in [-0.2, -0.15) is 0 Å². The van der Waals surface area contributed by atoms with Crippen LogP contribution in [0, 0.1) is 0 Å². The van der Waals surface area contributed by atoms with Crippen molar-refractivity contribution in [2.24, 2.45) is 0 Å². The van der Waals surface area contributed by atoms with Gasteiger partial charge in [-0.3, -0.25) is 14.5 Å². The lowest BCUT2D eigenvalue weighted by Crippen LogP contribution is -2.50. The Morgan fingerprint density at radius 3 is 2.26 bits per heavy atom. The molecule has 7 nitrogen and oxygen atoms in total. The third kappa shape index (κ3) is 5.00. The maximum Gasteiger partial charge on any atom is 0.329 e. The molecule has 4 amide bonds. The van der Waals surface area contributed by atoms with E-state index in [1.165, 1.54) is 5.56 Å². The van der Waals surface area contributed by atoms with Crippen LogP contribution in [-0.4, -0.2) is 66.4 Å². The lowest BCUT2D eigenvalue weighted by atomic mass is 10.1. The van der Waals surface area contributed by atoms with Gasteiger partial charge in [0.05, 0.1) is 12.1 Å². The molecule has 2 heterocycles. The zero-order chi connectivity index (χ0) is 21.6. The molecule has 2 saturated heterocycles. The molecule has 0 aliphatic carbocycles. The van der Waals surface area contributed by atoms with E-state index >= 15 is 0 Å². The van der Waals surface area contributed by atoms with Crippen LogP contribution in [0.1, 0.15) is 12.0 Å². The Balaban J connectivity index is 1.25. The molecular weight excluding hydrogens is 392 g/mol. The molecule has 1 atom stereocenters. The molecule has 7 heteroatoms. The molecule has 2 aliphatic heterocycles. The standard InChI is InChI=1S/C24H26N4O3/c29-22(18-21-23(30)28(24(31)25-21)20-11-5-2-6-12-20)27-16-14-26(15-17-27)13-7-10-19-8-3-1-4-9-19/h1-12,21H,13-18H2,(H,25,31)/b10-7+/t21-/m0/s1. The van der Waals surface area contributed by atoms with Gasteiger partial charge in [0.2, 0.25) is 5.91 Å². The molecule has 0 bridgehead atoms. The SMILES string of the molecule is O=C(C[C@@H]1NC(=O)N(c2ccccc2)C1=O)N1CCN(C/C=C/c2ccccc2)CC1. The number of nitrogens with one attached hydrogen (secondary N) is 1. The molecule has 0 aromatic heterocycles. The summed E-state index contributed by atoms with van der Waals surface area (Å²) in [6.45, 7) is 3.64. The Hall–Kier alpha value is -3.45. The summed E-state index contributed by atoms with van der Waals surface area (Å²) in [6, 6.07) is 17.6. The molecule has 160 valence electrons. The maximum atomic E-state index is 12.7. The van der Waals surface area contributed by atoms with Crippen molar-refractivity contribution in [3.8, 4) is 0 Å². The van der Waals surface area contributed by atoms with Gasteiger partial charge in [-0.05, 0) is 17.7 Å². The van der Waals surface area contributed by atoms with Crippen LogP contribution in [0.25, 0.3) is 6.08 Å². The van der Waals surface area contributed by atoms with Crippen molar-refractivity contribution in [1.29, 1.82) is 0 Å². The second kappa shape index (κ2) is 9.57. The van der Waals surface area contributed by atoms with E-state index in [1.54, 1.807) is 29.2 Å². The summed E-state index contributed by atoms with van der Waals surface area (Å²) < 4.78 is 0. The quantitative estimate of drug-likeness (QED) is 0.731. The zero-order valence-corrected chi connectivity index (χ0v) is 17.3. The third-order valence-electron chi connectivity index (χ3n) is 5.61. The van der Waals surface area contributed by atoms with E-state index in [2.05, 4.69) is 34.5 Å². The highest BCUT2D eigenvalue weighted by Gasteiger charge is 2.40. The first-order valence-corrected chi connectivity index (χ1v) is 10.5. The molecule has 0 saturated carbocycles. The van der Waals surface area contributed by atoms with Crippen LogP contribution >= 0.6 is 0 Å². The van der Waals surface area contributed by atoms with E-state index in [0.29, 0.717) is 18.8 Å². The summed E-state index contributed by atoms with van der Waals surface area (Å²) in [5, 5.41) is 2.64. The van der Waals surface area contributed by atoms with Gasteiger partial charge in [0.25, 0.3) is 5.91 Å². The van der Waals surface area contributed by atoms with Gasteiger partial charge >= 0.3 is 6.03 Å². The molecule has 0 spiro atoms. The number of rotatable bonds is 6. The first-order valence-electron chi connectivity index (χ1n) is 10.5. The molecular formula is C24H26N4O3. The Bertz CT molecular complexity index is 953. The number of carbonyl (C=O) groups excluding carboxylic acids is 3. The van der Waals surface area contributed by atoms with E-state index in [9.17, 15) is 14.4 Å². The van der Waals surface area contributed by atoms with Gasteiger partial charge in [0.15, 0.2) is 0 Å².